The van der Waals surface area contributed by atoms with Crippen LogP contribution in [-0.2, 0) is 36.5 Å². The summed E-state index contributed by atoms with van der Waals surface area (Å²) in [6, 6.07) is 11.4. The fraction of sp³-hybridized carbons (Fsp3) is 0.600. The molecule has 2 bridgehead atoms. The third kappa shape index (κ3) is 7.43. The molecule has 2 fully saturated rings. The fourth-order valence-corrected chi connectivity index (χ4v) is 9.14. The van der Waals surface area contributed by atoms with E-state index in [2.05, 4.69) is 23.1 Å². The Kier molecular flexibility index (Phi) is 10.6. The van der Waals surface area contributed by atoms with Gasteiger partial charge in [0.05, 0.1) is 45.0 Å². The Balaban J connectivity index is 1.23. The monoisotopic (exact) mass is 741 g/mol. The molecule has 1 saturated heterocycles. The predicted molar refractivity (Wildman–Crippen MR) is 194 cm³/mol. The maximum absolute atomic E-state index is 13.5. The van der Waals surface area contributed by atoms with Gasteiger partial charge in [-0.15, -0.1) is 0 Å². The molecule has 12 heteroatoms. The zero-order valence-electron chi connectivity index (χ0n) is 30.1. The number of hydrogen-bond donors (Lipinski definition) is 1. The minimum Gasteiger partial charge on any atom is -0.490 e. The van der Waals surface area contributed by atoms with Gasteiger partial charge in [0.2, 0.25) is 5.91 Å². The Morgan fingerprint density at radius 1 is 1.13 bits per heavy atom. The molecule has 2 aromatic rings. The van der Waals surface area contributed by atoms with E-state index in [4.69, 9.17) is 25.8 Å². The van der Waals surface area contributed by atoms with Gasteiger partial charge >= 0.3 is 5.97 Å². The van der Waals surface area contributed by atoms with Crippen molar-refractivity contribution in [2.75, 3.05) is 71.5 Å². The number of esters is 1. The van der Waals surface area contributed by atoms with Crippen LogP contribution in [0.5, 0.6) is 5.75 Å². The third-order valence-corrected chi connectivity index (χ3v) is 12.3. The molecule has 3 aliphatic heterocycles. The summed E-state index contributed by atoms with van der Waals surface area (Å²) in [5.74, 6) is -2.71. The number of methoxy groups -OCH3 is 1. The highest BCUT2D eigenvalue weighted by molar-refractivity contribution is 6.30. The first-order valence-corrected chi connectivity index (χ1v) is 19.0. The number of hydrogen-bond acceptors (Lipinski definition) is 8. The van der Waals surface area contributed by atoms with Crippen molar-refractivity contribution in [1.82, 2.24) is 9.80 Å². The molecule has 9 nitrogen and oxygen atoms in total. The molecule has 5 aliphatic rings. The average molecular weight is 742 g/mol. The SMILES string of the molecule is COC(=O)[C@@]1(O)CC(=O)N(C)CC/C=C/[C@H](OCCCN2CC(F)(F)C2)[C@@H]2CC[C@H]2CN2C[C@@]3(CCCc4cc(Cl)ccc43)COc3ccc1cc32. The largest absolute Gasteiger partial charge is 0.490 e. The zero-order chi connectivity index (χ0) is 36.7. The van der Waals surface area contributed by atoms with Crippen molar-refractivity contribution in [3.05, 3.63) is 70.3 Å². The second-order valence-electron chi connectivity index (χ2n) is 15.6. The molecule has 7 rings (SSSR count). The van der Waals surface area contributed by atoms with Crippen LogP contribution in [0, 0.1) is 11.8 Å². The number of halogens is 3. The molecule has 0 aromatic heterocycles. The standard InChI is InChI=1S/C40H50ClF2N3O6/c1-44-16-4-3-8-34(51-18-6-17-45-24-39(42,43)25-45)31-12-9-28(31)22-46-23-38(15-5-7-27-19-30(41)11-13-32(27)38)26-52-35-14-10-29(20-33(35)46)40(49,21-36(44)47)37(48)50-2/h3,8,10-11,13-14,19-20,28,31,34,49H,4-7,9,12,15-18,21-26H2,1-2H3/b8-3+/t28-,31+,34-,38-,40+/m0/s1. The van der Waals surface area contributed by atoms with Crippen molar-refractivity contribution in [1.29, 1.82) is 0 Å². The van der Waals surface area contributed by atoms with Crippen molar-refractivity contribution in [3.8, 4) is 5.75 Å². The van der Waals surface area contributed by atoms with Crippen molar-refractivity contribution in [2.24, 2.45) is 11.8 Å². The molecule has 282 valence electrons. The normalized spacial score (nSPS) is 31.0. The Bertz CT molecular complexity index is 1680. The molecule has 1 amide bonds. The zero-order valence-corrected chi connectivity index (χ0v) is 30.9. The summed E-state index contributed by atoms with van der Waals surface area (Å²) in [4.78, 5) is 32.4. The van der Waals surface area contributed by atoms with Gasteiger partial charge in [0.25, 0.3) is 5.92 Å². The van der Waals surface area contributed by atoms with Gasteiger partial charge in [-0.25, -0.2) is 13.6 Å². The molecular weight excluding hydrogens is 692 g/mol. The number of alkyl halides is 2. The van der Waals surface area contributed by atoms with E-state index in [1.165, 1.54) is 23.1 Å². The number of rotatable bonds is 6. The first-order valence-electron chi connectivity index (χ1n) is 18.6. The fourth-order valence-electron chi connectivity index (χ4n) is 8.94. The molecule has 5 atom stereocenters. The Hall–Kier alpha value is -3.25. The van der Waals surface area contributed by atoms with Crippen LogP contribution in [0.4, 0.5) is 14.5 Å². The molecule has 2 aromatic carbocycles. The minimum atomic E-state index is -2.58. The van der Waals surface area contributed by atoms with Crippen LogP contribution in [0.2, 0.25) is 5.02 Å². The lowest BCUT2D eigenvalue weighted by Gasteiger charge is -2.46. The van der Waals surface area contributed by atoms with Crippen LogP contribution in [0.15, 0.2) is 48.6 Å². The maximum atomic E-state index is 13.5. The first kappa shape index (κ1) is 37.1. The summed E-state index contributed by atoms with van der Waals surface area (Å²) in [7, 11) is 2.87. The molecule has 0 unspecified atom stereocenters. The van der Waals surface area contributed by atoms with E-state index in [9.17, 15) is 23.5 Å². The smallest absolute Gasteiger partial charge is 0.343 e. The number of aliphatic hydroxyl groups is 1. The number of benzene rings is 2. The number of aryl methyl sites for hydroxylation is 1. The van der Waals surface area contributed by atoms with E-state index in [0.717, 1.165) is 37.8 Å². The molecule has 3 heterocycles. The Morgan fingerprint density at radius 2 is 1.96 bits per heavy atom. The second kappa shape index (κ2) is 14.9. The molecule has 52 heavy (non-hydrogen) atoms. The Morgan fingerprint density at radius 3 is 2.71 bits per heavy atom. The van der Waals surface area contributed by atoms with Gasteiger partial charge in [-0.2, -0.15) is 0 Å². The van der Waals surface area contributed by atoms with Crippen LogP contribution < -0.4 is 9.64 Å². The highest BCUT2D eigenvalue weighted by atomic mass is 35.5. The highest BCUT2D eigenvalue weighted by Gasteiger charge is 2.47. The molecule has 1 spiro atoms. The van der Waals surface area contributed by atoms with Gasteiger partial charge in [-0.3, -0.25) is 9.69 Å². The number of anilines is 1. The van der Waals surface area contributed by atoms with Gasteiger partial charge in [-0.1, -0.05) is 35.9 Å². The van der Waals surface area contributed by atoms with E-state index >= 15 is 0 Å². The van der Waals surface area contributed by atoms with Gasteiger partial charge in [0.1, 0.15) is 5.75 Å². The summed E-state index contributed by atoms with van der Waals surface area (Å²) in [5.41, 5.74) is 0.980. The van der Waals surface area contributed by atoms with Crippen LogP contribution >= 0.6 is 11.6 Å². The maximum Gasteiger partial charge on any atom is 0.343 e. The third-order valence-electron chi connectivity index (χ3n) is 12.0. The number of carbonyl (C=O) groups is 2. The van der Waals surface area contributed by atoms with E-state index in [0.29, 0.717) is 63.0 Å². The first-order chi connectivity index (χ1) is 24.9. The summed E-state index contributed by atoms with van der Waals surface area (Å²) < 4.78 is 45.0. The van der Waals surface area contributed by atoms with Crippen molar-refractivity contribution in [2.45, 2.75) is 74.4 Å². The number of nitrogens with zero attached hydrogens (tertiary/aromatic N) is 3. The highest BCUT2D eigenvalue weighted by Crippen LogP contribution is 2.48. The summed E-state index contributed by atoms with van der Waals surface area (Å²) in [5, 5.41) is 12.7. The van der Waals surface area contributed by atoms with Gasteiger partial charge < -0.3 is 29.1 Å². The van der Waals surface area contributed by atoms with Gasteiger partial charge in [0, 0.05) is 50.3 Å². The number of likely N-dealkylation sites (tertiary alicyclic amines) is 1. The number of amides is 1. The number of ether oxygens (including phenoxy) is 3. The van der Waals surface area contributed by atoms with Gasteiger partial charge in [0.15, 0.2) is 5.60 Å². The lowest BCUT2D eigenvalue weighted by Crippen LogP contribution is -2.56. The lowest BCUT2D eigenvalue weighted by molar-refractivity contribution is -0.168. The van der Waals surface area contributed by atoms with E-state index in [1.807, 2.05) is 12.1 Å². The van der Waals surface area contributed by atoms with Crippen molar-refractivity contribution in [3.63, 3.8) is 0 Å². The van der Waals surface area contributed by atoms with Crippen molar-refractivity contribution < 1.29 is 37.7 Å². The predicted octanol–water partition coefficient (Wildman–Crippen LogP) is 5.73. The van der Waals surface area contributed by atoms with Gasteiger partial charge in [-0.05, 0) is 97.7 Å². The minimum absolute atomic E-state index is 0.157. The molecule has 2 aliphatic carbocycles. The quantitative estimate of drug-likeness (QED) is 0.228. The molecule has 1 N–H and O–H groups in total. The number of carbonyl (C=O) groups excluding carboxylic acids is 2. The van der Waals surface area contributed by atoms with E-state index in [-0.39, 0.29) is 42.0 Å². The number of fused-ring (bicyclic) bond motifs is 4. The summed E-state index contributed by atoms with van der Waals surface area (Å²) in [6.07, 6.45) is 9.60. The summed E-state index contributed by atoms with van der Waals surface area (Å²) >= 11 is 6.46. The molecular formula is C40H50ClF2N3O6. The van der Waals surface area contributed by atoms with Crippen LogP contribution in [-0.4, -0.2) is 105 Å². The molecule has 0 radical (unpaired) electrons. The average Bonchev–Trinajstić information content (AvgIpc) is 3.24. The van der Waals surface area contributed by atoms with E-state index in [1.54, 1.807) is 30.1 Å². The van der Waals surface area contributed by atoms with E-state index < -0.39 is 29.8 Å². The van der Waals surface area contributed by atoms with Crippen LogP contribution in [0.3, 0.4) is 0 Å². The second-order valence-corrected chi connectivity index (χ2v) is 16.0. The molecule has 1 saturated carbocycles. The topological polar surface area (TPSA) is 91.8 Å². The van der Waals surface area contributed by atoms with Crippen molar-refractivity contribution >= 4 is 29.2 Å². The van der Waals surface area contributed by atoms with Crippen LogP contribution in [0.25, 0.3) is 0 Å². The van der Waals surface area contributed by atoms with Crippen LogP contribution in [0.1, 0.15) is 61.6 Å². The summed E-state index contributed by atoms with van der Waals surface area (Å²) in [6.45, 7) is 2.87. The Labute approximate surface area is 309 Å². The lowest BCUT2D eigenvalue weighted by atomic mass is 9.68.